The monoisotopic (exact) mass is 372 g/mol. The number of rotatable bonds is 6. The molecular formula is C13H17BrN4O2S. The van der Waals surface area contributed by atoms with Gasteiger partial charge in [-0.25, -0.2) is 13.1 Å². The van der Waals surface area contributed by atoms with Gasteiger partial charge in [0.2, 0.25) is 10.0 Å². The number of sulfonamides is 1. The van der Waals surface area contributed by atoms with Gasteiger partial charge in [0.15, 0.2) is 0 Å². The smallest absolute Gasteiger partial charge is 0.242 e. The molecule has 114 valence electrons. The average molecular weight is 373 g/mol. The van der Waals surface area contributed by atoms with Gasteiger partial charge >= 0.3 is 0 Å². The van der Waals surface area contributed by atoms with Crippen molar-refractivity contribution in [3.63, 3.8) is 0 Å². The van der Waals surface area contributed by atoms with Gasteiger partial charge in [-0.1, -0.05) is 6.07 Å². The van der Waals surface area contributed by atoms with Crippen LogP contribution in [0.25, 0.3) is 0 Å². The SMILES string of the molecule is CNCc1ccc(S(=O)(=O)NC(C)c2cn[nH]c2)c(Br)c1. The lowest BCUT2D eigenvalue weighted by Crippen LogP contribution is -2.27. The Morgan fingerprint density at radius 1 is 1.43 bits per heavy atom. The van der Waals surface area contributed by atoms with Crippen molar-refractivity contribution < 1.29 is 8.42 Å². The van der Waals surface area contributed by atoms with Crippen LogP contribution in [0.4, 0.5) is 0 Å². The minimum atomic E-state index is -3.61. The first-order valence-electron chi connectivity index (χ1n) is 6.38. The summed E-state index contributed by atoms with van der Waals surface area (Å²) in [4.78, 5) is 0.220. The van der Waals surface area contributed by atoms with Crippen molar-refractivity contribution in [3.05, 3.63) is 46.2 Å². The molecule has 2 rings (SSSR count). The summed E-state index contributed by atoms with van der Waals surface area (Å²) in [5, 5.41) is 9.51. The number of halogens is 1. The highest BCUT2D eigenvalue weighted by Crippen LogP contribution is 2.25. The Hall–Kier alpha value is -1.22. The Labute approximate surface area is 132 Å². The topological polar surface area (TPSA) is 86.9 Å². The molecule has 21 heavy (non-hydrogen) atoms. The molecular weight excluding hydrogens is 356 g/mol. The maximum absolute atomic E-state index is 12.4. The summed E-state index contributed by atoms with van der Waals surface area (Å²) < 4.78 is 28.1. The minimum absolute atomic E-state index is 0.220. The van der Waals surface area contributed by atoms with Crippen molar-refractivity contribution in [1.82, 2.24) is 20.2 Å². The summed E-state index contributed by atoms with van der Waals surface area (Å²) in [6.07, 6.45) is 3.26. The largest absolute Gasteiger partial charge is 0.316 e. The Kier molecular flexibility index (Phi) is 5.15. The molecule has 1 aromatic carbocycles. The van der Waals surface area contributed by atoms with Crippen LogP contribution < -0.4 is 10.0 Å². The van der Waals surface area contributed by atoms with Gasteiger partial charge in [-0.05, 0) is 47.6 Å². The van der Waals surface area contributed by atoms with E-state index in [9.17, 15) is 8.42 Å². The number of hydrogen-bond donors (Lipinski definition) is 3. The molecule has 1 atom stereocenters. The van der Waals surface area contributed by atoms with E-state index < -0.39 is 10.0 Å². The van der Waals surface area contributed by atoms with E-state index in [4.69, 9.17) is 0 Å². The van der Waals surface area contributed by atoms with Crippen LogP contribution in [-0.4, -0.2) is 25.7 Å². The quantitative estimate of drug-likeness (QED) is 0.722. The third-order valence-electron chi connectivity index (χ3n) is 3.02. The molecule has 3 N–H and O–H groups in total. The summed E-state index contributed by atoms with van der Waals surface area (Å²) in [6, 6.07) is 4.82. The Morgan fingerprint density at radius 3 is 2.76 bits per heavy atom. The van der Waals surface area contributed by atoms with Gasteiger partial charge in [0.1, 0.15) is 0 Å². The van der Waals surface area contributed by atoms with E-state index in [1.807, 2.05) is 7.05 Å². The van der Waals surface area contributed by atoms with Crippen molar-refractivity contribution in [2.24, 2.45) is 0 Å². The van der Waals surface area contributed by atoms with Crippen molar-refractivity contribution >= 4 is 26.0 Å². The summed E-state index contributed by atoms with van der Waals surface area (Å²) >= 11 is 3.33. The maximum Gasteiger partial charge on any atom is 0.242 e. The molecule has 8 heteroatoms. The third-order valence-corrected chi connectivity index (χ3v) is 5.54. The number of nitrogens with zero attached hydrogens (tertiary/aromatic N) is 1. The van der Waals surface area contributed by atoms with Crippen molar-refractivity contribution in [2.45, 2.75) is 24.4 Å². The van der Waals surface area contributed by atoms with Crippen LogP contribution in [-0.2, 0) is 16.6 Å². The maximum atomic E-state index is 12.4. The summed E-state index contributed by atoms with van der Waals surface area (Å²) in [6.45, 7) is 2.45. The lowest BCUT2D eigenvalue weighted by atomic mass is 10.2. The Bertz CT molecular complexity index is 701. The molecule has 1 unspecified atom stereocenters. The molecule has 0 aliphatic heterocycles. The molecule has 0 aliphatic carbocycles. The number of nitrogens with one attached hydrogen (secondary N) is 3. The van der Waals surface area contributed by atoms with Crippen LogP contribution in [0, 0.1) is 0 Å². The van der Waals surface area contributed by atoms with Crippen LogP contribution in [0.1, 0.15) is 24.1 Å². The molecule has 1 aromatic heterocycles. The fraction of sp³-hybridized carbons (Fsp3) is 0.308. The predicted octanol–water partition coefficient (Wildman–Crippen LogP) is 1.93. The van der Waals surface area contributed by atoms with Crippen LogP contribution >= 0.6 is 15.9 Å². The van der Waals surface area contributed by atoms with E-state index in [1.165, 1.54) is 0 Å². The number of aromatic nitrogens is 2. The normalized spacial score (nSPS) is 13.3. The van der Waals surface area contributed by atoms with Gasteiger partial charge in [0, 0.05) is 28.8 Å². The summed E-state index contributed by atoms with van der Waals surface area (Å²) in [5.74, 6) is 0. The van der Waals surface area contributed by atoms with E-state index in [1.54, 1.807) is 37.5 Å². The van der Waals surface area contributed by atoms with Crippen LogP contribution in [0.3, 0.4) is 0 Å². The molecule has 0 saturated heterocycles. The molecule has 0 bridgehead atoms. The van der Waals surface area contributed by atoms with E-state index in [0.717, 1.165) is 11.1 Å². The Balaban J connectivity index is 2.23. The number of hydrogen-bond acceptors (Lipinski definition) is 4. The van der Waals surface area contributed by atoms with E-state index in [2.05, 4.69) is 36.2 Å². The zero-order chi connectivity index (χ0) is 15.5. The lowest BCUT2D eigenvalue weighted by molar-refractivity contribution is 0.566. The highest BCUT2D eigenvalue weighted by atomic mass is 79.9. The first-order chi connectivity index (χ1) is 9.94. The van der Waals surface area contributed by atoms with E-state index in [-0.39, 0.29) is 10.9 Å². The van der Waals surface area contributed by atoms with Crippen LogP contribution in [0.2, 0.25) is 0 Å². The molecule has 2 aromatic rings. The standard InChI is InChI=1S/C13H17BrN4O2S/c1-9(11-7-16-17-8-11)18-21(19,20)13-4-3-10(6-15-2)5-12(13)14/h3-5,7-9,15,18H,6H2,1-2H3,(H,16,17). The van der Waals surface area contributed by atoms with E-state index >= 15 is 0 Å². The number of H-pyrrole nitrogens is 1. The first kappa shape index (κ1) is 16.2. The van der Waals surface area contributed by atoms with Gasteiger partial charge in [-0.15, -0.1) is 0 Å². The molecule has 0 saturated carbocycles. The second-order valence-corrected chi connectivity index (χ2v) is 7.21. The van der Waals surface area contributed by atoms with Gasteiger partial charge in [-0.2, -0.15) is 5.10 Å². The average Bonchev–Trinajstić information content (AvgIpc) is 2.92. The number of aromatic amines is 1. The lowest BCUT2D eigenvalue weighted by Gasteiger charge is -2.14. The minimum Gasteiger partial charge on any atom is -0.316 e. The molecule has 0 aliphatic rings. The fourth-order valence-corrected chi connectivity index (χ4v) is 4.30. The van der Waals surface area contributed by atoms with Crippen molar-refractivity contribution in [1.29, 1.82) is 0 Å². The second kappa shape index (κ2) is 6.69. The first-order valence-corrected chi connectivity index (χ1v) is 8.65. The van der Waals surface area contributed by atoms with Gasteiger partial charge in [0.05, 0.1) is 11.1 Å². The zero-order valence-corrected chi connectivity index (χ0v) is 14.1. The molecule has 0 amide bonds. The summed E-state index contributed by atoms with van der Waals surface area (Å²) in [7, 11) is -1.77. The second-order valence-electron chi connectivity index (χ2n) is 4.67. The molecule has 1 heterocycles. The number of benzene rings is 1. The third kappa shape index (κ3) is 3.91. The van der Waals surface area contributed by atoms with Gasteiger partial charge < -0.3 is 5.32 Å². The Morgan fingerprint density at radius 2 is 2.19 bits per heavy atom. The van der Waals surface area contributed by atoms with Crippen molar-refractivity contribution in [3.8, 4) is 0 Å². The van der Waals surface area contributed by atoms with Crippen LogP contribution in [0.5, 0.6) is 0 Å². The molecule has 0 radical (unpaired) electrons. The highest BCUT2D eigenvalue weighted by Gasteiger charge is 2.21. The van der Waals surface area contributed by atoms with Gasteiger partial charge in [0.25, 0.3) is 0 Å². The highest BCUT2D eigenvalue weighted by molar-refractivity contribution is 9.10. The molecule has 0 fully saturated rings. The van der Waals surface area contributed by atoms with E-state index in [0.29, 0.717) is 11.0 Å². The summed E-state index contributed by atoms with van der Waals surface area (Å²) in [5.41, 5.74) is 1.78. The zero-order valence-electron chi connectivity index (χ0n) is 11.7. The predicted molar refractivity (Wildman–Crippen MR) is 84.2 cm³/mol. The molecule has 0 spiro atoms. The van der Waals surface area contributed by atoms with Gasteiger partial charge in [-0.3, -0.25) is 5.10 Å². The van der Waals surface area contributed by atoms with Crippen molar-refractivity contribution in [2.75, 3.05) is 7.05 Å². The molecule has 6 nitrogen and oxygen atoms in total. The fourth-order valence-electron chi connectivity index (χ4n) is 1.94. The van der Waals surface area contributed by atoms with Crippen LogP contribution in [0.15, 0.2) is 40.0 Å².